The van der Waals surface area contributed by atoms with Gasteiger partial charge < -0.3 is 10.6 Å². The Morgan fingerprint density at radius 3 is 2.33 bits per heavy atom. The van der Waals surface area contributed by atoms with Gasteiger partial charge in [0, 0.05) is 25.0 Å². The second-order valence-electron chi connectivity index (χ2n) is 3.30. The zero-order chi connectivity index (χ0) is 11.5. The summed E-state index contributed by atoms with van der Waals surface area (Å²) in [4.78, 5) is 1.73. The summed E-state index contributed by atoms with van der Waals surface area (Å²) >= 11 is 0. The minimum absolute atomic E-state index is 0.239. The van der Waals surface area contributed by atoms with Crippen molar-refractivity contribution in [3.05, 3.63) is 24.3 Å². The Morgan fingerprint density at radius 1 is 1.33 bits per heavy atom. The van der Waals surface area contributed by atoms with E-state index in [1.54, 1.807) is 36.2 Å². The molecular formula is C9H14N2O3S. The molecule has 84 valence electrons. The molecule has 0 fully saturated rings. The number of hydrogen-bond donors (Lipinski definition) is 2. The first-order chi connectivity index (χ1) is 6.88. The second kappa shape index (κ2) is 4.50. The highest BCUT2D eigenvalue weighted by atomic mass is 32.2. The third-order valence-corrected chi connectivity index (χ3v) is 2.72. The maximum absolute atomic E-state index is 10.5. The van der Waals surface area contributed by atoms with Crippen LogP contribution < -0.4 is 10.6 Å². The Kier molecular flexibility index (Phi) is 3.54. The molecule has 0 atom stereocenters. The molecule has 0 unspecified atom stereocenters. The average Bonchev–Trinajstić information content (AvgIpc) is 2.14. The maximum Gasteiger partial charge on any atom is 0.266 e. The van der Waals surface area contributed by atoms with E-state index in [-0.39, 0.29) is 12.3 Å². The molecule has 0 aromatic heterocycles. The molecule has 0 aliphatic heterocycles. The molecule has 0 saturated carbocycles. The number of rotatable bonds is 4. The Labute approximate surface area is 89.3 Å². The van der Waals surface area contributed by atoms with Crippen LogP contribution in [0.15, 0.2) is 24.3 Å². The molecule has 0 radical (unpaired) electrons. The van der Waals surface area contributed by atoms with Gasteiger partial charge in [-0.15, -0.1) is 0 Å². The SMILES string of the molecule is CN(CCS(=O)(=O)O)c1ccc(N)cc1. The number of nitrogens with zero attached hydrogens (tertiary/aromatic N) is 1. The lowest BCUT2D eigenvalue weighted by molar-refractivity contribution is 0.483. The average molecular weight is 230 g/mol. The Bertz CT molecular complexity index is 413. The van der Waals surface area contributed by atoms with E-state index in [0.717, 1.165) is 5.69 Å². The van der Waals surface area contributed by atoms with E-state index in [1.165, 1.54) is 0 Å². The van der Waals surface area contributed by atoms with E-state index in [0.29, 0.717) is 5.69 Å². The predicted octanol–water partition coefficient (Wildman–Crippen LogP) is 0.593. The summed E-state index contributed by atoms with van der Waals surface area (Å²) in [7, 11) is -2.15. The summed E-state index contributed by atoms with van der Waals surface area (Å²) in [5.74, 6) is -0.284. The Balaban J connectivity index is 2.61. The zero-order valence-electron chi connectivity index (χ0n) is 8.42. The van der Waals surface area contributed by atoms with Crippen LogP contribution in [-0.2, 0) is 10.1 Å². The molecule has 0 bridgehead atoms. The summed E-state index contributed by atoms with van der Waals surface area (Å²) in [5, 5.41) is 0. The normalized spacial score (nSPS) is 11.3. The molecule has 3 N–H and O–H groups in total. The summed E-state index contributed by atoms with van der Waals surface area (Å²) in [6.45, 7) is 0.239. The molecule has 1 aromatic carbocycles. The molecule has 0 spiro atoms. The first-order valence-corrected chi connectivity index (χ1v) is 6.01. The van der Waals surface area contributed by atoms with Gasteiger partial charge in [0.25, 0.3) is 10.1 Å². The minimum atomic E-state index is -3.90. The zero-order valence-corrected chi connectivity index (χ0v) is 9.24. The first-order valence-electron chi connectivity index (χ1n) is 4.40. The van der Waals surface area contributed by atoms with Crippen LogP contribution in [0.4, 0.5) is 11.4 Å². The van der Waals surface area contributed by atoms with Crippen molar-refractivity contribution in [1.82, 2.24) is 0 Å². The molecule has 15 heavy (non-hydrogen) atoms. The summed E-state index contributed by atoms with van der Waals surface area (Å²) in [6.07, 6.45) is 0. The Hall–Kier alpha value is -1.27. The van der Waals surface area contributed by atoms with Gasteiger partial charge >= 0.3 is 0 Å². The monoisotopic (exact) mass is 230 g/mol. The molecule has 0 saturated heterocycles. The van der Waals surface area contributed by atoms with Crippen LogP contribution in [0, 0.1) is 0 Å². The summed E-state index contributed by atoms with van der Waals surface area (Å²) in [5.41, 5.74) is 7.02. The van der Waals surface area contributed by atoms with Crippen molar-refractivity contribution in [2.45, 2.75) is 0 Å². The van der Waals surface area contributed by atoms with Crippen molar-refractivity contribution in [3.8, 4) is 0 Å². The lowest BCUT2D eigenvalue weighted by Gasteiger charge is -2.18. The van der Waals surface area contributed by atoms with Gasteiger partial charge in [0.2, 0.25) is 0 Å². The van der Waals surface area contributed by atoms with Gasteiger partial charge in [0.05, 0.1) is 5.75 Å². The van der Waals surface area contributed by atoms with E-state index in [4.69, 9.17) is 10.3 Å². The van der Waals surface area contributed by atoms with Gasteiger partial charge in [-0.05, 0) is 24.3 Å². The molecular weight excluding hydrogens is 216 g/mol. The molecule has 0 aliphatic carbocycles. The standard InChI is InChI=1S/C9H14N2O3S/c1-11(6-7-15(12,13)14)9-4-2-8(10)3-5-9/h2-5H,6-7,10H2,1H3,(H,12,13,14). The lowest BCUT2D eigenvalue weighted by atomic mass is 10.2. The fourth-order valence-electron chi connectivity index (χ4n) is 1.11. The largest absolute Gasteiger partial charge is 0.399 e. The van der Waals surface area contributed by atoms with Crippen molar-refractivity contribution < 1.29 is 13.0 Å². The van der Waals surface area contributed by atoms with Crippen LogP contribution in [0.2, 0.25) is 0 Å². The first kappa shape index (κ1) is 11.8. The van der Waals surface area contributed by atoms with Crippen LogP contribution >= 0.6 is 0 Å². The van der Waals surface area contributed by atoms with Crippen LogP contribution in [0.1, 0.15) is 0 Å². The topological polar surface area (TPSA) is 83.6 Å². The van der Waals surface area contributed by atoms with Gasteiger partial charge in [0.15, 0.2) is 0 Å². The molecule has 0 heterocycles. The molecule has 0 amide bonds. The van der Waals surface area contributed by atoms with E-state index >= 15 is 0 Å². The van der Waals surface area contributed by atoms with E-state index in [9.17, 15) is 8.42 Å². The highest BCUT2D eigenvalue weighted by Crippen LogP contribution is 2.14. The van der Waals surface area contributed by atoms with E-state index in [2.05, 4.69) is 0 Å². The molecule has 6 heteroatoms. The van der Waals surface area contributed by atoms with Crippen LogP contribution in [-0.4, -0.2) is 32.3 Å². The van der Waals surface area contributed by atoms with Crippen molar-refractivity contribution in [2.24, 2.45) is 0 Å². The molecule has 0 aliphatic rings. The van der Waals surface area contributed by atoms with Crippen LogP contribution in [0.25, 0.3) is 0 Å². The molecule has 1 aromatic rings. The van der Waals surface area contributed by atoms with E-state index in [1.807, 2.05) is 0 Å². The summed E-state index contributed by atoms with van der Waals surface area (Å²) < 4.78 is 29.6. The predicted molar refractivity (Wildman–Crippen MR) is 60.5 cm³/mol. The van der Waals surface area contributed by atoms with Crippen LogP contribution in [0.5, 0.6) is 0 Å². The van der Waals surface area contributed by atoms with Gasteiger partial charge in [0.1, 0.15) is 0 Å². The minimum Gasteiger partial charge on any atom is -0.399 e. The van der Waals surface area contributed by atoms with Crippen molar-refractivity contribution in [2.75, 3.05) is 30.0 Å². The molecule has 5 nitrogen and oxygen atoms in total. The third kappa shape index (κ3) is 4.18. The van der Waals surface area contributed by atoms with Gasteiger partial charge in [-0.25, -0.2) is 0 Å². The van der Waals surface area contributed by atoms with Crippen LogP contribution in [0.3, 0.4) is 0 Å². The Morgan fingerprint density at radius 2 is 1.87 bits per heavy atom. The highest BCUT2D eigenvalue weighted by Gasteiger charge is 2.07. The van der Waals surface area contributed by atoms with Gasteiger partial charge in [-0.3, -0.25) is 4.55 Å². The van der Waals surface area contributed by atoms with Crippen molar-refractivity contribution in [1.29, 1.82) is 0 Å². The fourth-order valence-corrected chi connectivity index (χ4v) is 1.61. The number of nitrogens with two attached hydrogens (primary N) is 1. The smallest absolute Gasteiger partial charge is 0.266 e. The fraction of sp³-hybridized carbons (Fsp3) is 0.333. The van der Waals surface area contributed by atoms with E-state index < -0.39 is 10.1 Å². The number of nitrogen functional groups attached to an aromatic ring is 1. The number of benzene rings is 1. The lowest BCUT2D eigenvalue weighted by Crippen LogP contribution is -2.24. The number of hydrogen-bond acceptors (Lipinski definition) is 4. The van der Waals surface area contributed by atoms with Crippen molar-refractivity contribution >= 4 is 21.5 Å². The summed E-state index contributed by atoms with van der Waals surface area (Å²) in [6, 6.07) is 7.05. The van der Waals surface area contributed by atoms with Gasteiger partial charge in [-0.2, -0.15) is 8.42 Å². The third-order valence-electron chi connectivity index (χ3n) is 2.02. The highest BCUT2D eigenvalue weighted by molar-refractivity contribution is 7.85. The second-order valence-corrected chi connectivity index (χ2v) is 4.87. The van der Waals surface area contributed by atoms with Crippen molar-refractivity contribution in [3.63, 3.8) is 0 Å². The molecule has 1 rings (SSSR count). The number of anilines is 2. The quantitative estimate of drug-likeness (QED) is 0.584. The van der Waals surface area contributed by atoms with Gasteiger partial charge in [-0.1, -0.05) is 0 Å². The maximum atomic E-state index is 10.5.